The third-order valence-electron chi connectivity index (χ3n) is 2.73. The zero-order chi connectivity index (χ0) is 14.3. The fraction of sp³-hybridized carbons (Fsp3) is 0.462. The van der Waals surface area contributed by atoms with Crippen molar-refractivity contribution in [3.05, 3.63) is 34.2 Å². The number of hydrogen-bond donors (Lipinski definition) is 3. The number of aromatic nitrogens is 1. The highest BCUT2D eigenvalue weighted by molar-refractivity contribution is 5.93. The number of pyridine rings is 1. The highest BCUT2D eigenvalue weighted by atomic mass is 16.2. The van der Waals surface area contributed by atoms with E-state index in [0.717, 1.165) is 6.42 Å². The Morgan fingerprint density at radius 3 is 2.79 bits per heavy atom. The van der Waals surface area contributed by atoms with Gasteiger partial charge in [0.25, 0.3) is 5.91 Å². The normalized spacial score (nSPS) is 11.7. The molecular weight excluding hydrogens is 246 g/mol. The summed E-state index contributed by atoms with van der Waals surface area (Å²) in [6.45, 7) is 4.10. The van der Waals surface area contributed by atoms with Crippen LogP contribution in [0, 0.1) is 0 Å². The molecule has 0 aliphatic heterocycles. The minimum absolute atomic E-state index is 0.0461. The van der Waals surface area contributed by atoms with E-state index >= 15 is 0 Å². The van der Waals surface area contributed by atoms with E-state index in [0.29, 0.717) is 0 Å². The first-order valence-electron chi connectivity index (χ1n) is 6.29. The van der Waals surface area contributed by atoms with E-state index in [1.807, 2.05) is 13.8 Å². The van der Waals surface area contributed by atoms with Crippen molar-refractivity contribution in [2.45, 2.75) is 32.7 Å². The van der Waals surface area contributed by atoms with E-state index in [1.54, 1.807) is 0 Å². The van der Waals surface area contributed by atoms with E-state index < -0.39 is 5.91 Å². The fourth-order valence-electron chi connectivity index (χ4n) is 1.43. The molecule has 0 spiro atoms. The van der Waals surface area contributed by atoms with Crippen molar-refractivity contribution >= 4 is 11.8 Å². The molecule has 0 saturated carbocycles. The van der Waals surface area contributed by atoms with Gasteiger partial charge in [-0.1, -0.05) is 6.92 Å². The first kappa shape index (κ1) is 14.9. The first-order valence-corrected chi connectivity index (χ1v) is 6.29. The summed E-state index contributed by atoms with van der Waals surface area (Å²) < 4.78 is 0. The molecule has 0 aromatic carbocycles. The van der Waals surface area contributed by atoms with Gasteiger partial charge < -0.3 is 15.6 Å². The SMILES string of the molecule is CCC(C)NC(=O)CCNC(=O)c1c[nH]ccc1=O. The molecule has 1 aromatic heterocycles. The van der Waals surface area contributed by atoms with Crippen molar-refractivity contribution in [2.24, 2.45) is 0 Å². The molecule has 1 atom stereocenters. The van der Waals surface area contributed by atoms with Gasteiger partial charge in [0, 0.05) is 37.5 Å². The molecule has 1 unspecified atom stereocenters. The summed E-state index contributed by atoms with van der Waals surface area (Å²) in [5.74, 6) is -0.588. The Balaban J connectivity index is 2.38. The summed E-state index contributed by atoms with van der Waals surface area (Å²) in [7, 11) is 0. The van der Waals surface area contributed by atoms with Crippen molar-refractivity contribution in [1.29, 1.82) is 0 Å². The van der Waals surface area contributed by atoms with Gasteiger partial charge in [-0.2, -0.15) is 0 Å². The van der Waals surface area contributed by atoms with Crippen LogP contribution in [0.1, 0.15) is 37.0 Å². The summed E-state index contributed by atoms with van der Waals surface area (Å²) in [6, 6.07) is 1.41. The fourth-order valence-corrected chi connectivity index (χ4v) is 1.43. The molecule has 0 bridgehead atoms. The molecule has 1 aromatic rings. The number of amides is 2. The monoisotopic (exact) mass is 265 g/mol. The number of rotatable bonds is 6. The maximum absolute atomic E-state index is 11.7. The van der Waals surface area contributed by atoms with E-state index in [-0.39, 0.29) is 35.9 Å². The maximum Gasteiger partial charge on any atom is 0.256 e. The summed E-state index contributed by atoms with van der Waals surface area (Å²) in [5.41, 5.74) is -0.301. The highest BCUT2D eigenvalue weighted by Gasteiger charge is 2.10. The average molecular weight is 265 g/mol. The van der Waals surface area contributed by atoms with Gasteiger partial charge in [0.1, 0.15) is 5.56 Å². The van der Waals surface area contributed by atoms with Gasteiger partial charge in [0.05, 0.1) is 0 Å². The van der Waals surface area contributed by atoms with Crippen LogP contribution in [0.5, 0.6) is 0 Å². The Hall–Kier alpha value is -2.11. The third kappa shape index (κ3) is 4.95. The van der Waals surface area contributed by atoms with Crippen molar-refractivity contribution < 1.29 is 9.59 Å². The van der Waals surface area contributed by atoms with E-state index in [2.05, 4.69) is 15.6 Å². The molecule has 0 radical (unpaired) electrons. The molecule has 6 nitrogen and oxygen atoms in total. The van der Waals surface area contributed by atoms with Crippen molar-refractivity contribution in [3.63, 3.8) is 0 Å². The summed E-state index contributed by atoms with van der Waals surface area (Å²) >= 11 is 0. The highest BCUT2D eigenvalue weighted by Crippen LogP contribution is 1.91. The van der Waals surface area contributed by atoms with Gasteiger partial charge in [-0.15, -0.1) is 0 Å². The van der Waals surface area contributed by atoms with Crippen LogP contribution in [0.4, 0.5) is 0 Å². The second-order valence-corrected chi connectivity index (χ2v) is 4.30. The average Bonchev–Trinajstić information content (AvgIpc) is 2.38. The number of carbonyl (C=O) groups excluding carboxylic acids is 2. The third-order valence-corrected chi connectivity index (χ3v) is 2.73. The smallest absolute Gasteiger partial charge is 0.256 e. The lowest BCUT2D eigenvalue weighted by Gasteiger charge is -2.11. The predicted octanol–water partition coefficient (Wildman–Crippen LogP) is 0.409. The van der Waals surface area contributed by atoms with E-state index in [1.165, 1.54) is 18.5 Å². The number of hydrogen-bond acceptors (Lipinski definition) is 3. The number of H-pyrrole nitrogens is 1. The molecular formula is C13H19N3O3. The van der Waals surface area contributed by atoms with E-state index in [4.69, 9.17) is 0 Å². The zero-order valence-electron chi connectivity index (χ0n) is 11.2. The molecule has 2 amide bonds. The van der Waals surface area contributed by atoms with Crippen molar-refractivity contribution in [3.8, 4) is 0 Å². The van der Waals surface area contributed by atoms with Crippen LogP contribution >= 0.6 is 0 Å². The summed E-state index contributed by atoms with van der Waals surface area (Å²) in [4.78, 5) is 37.2. The number of aromatic amines is 1. The topological polar surface area (TPSA) is 91.1 Å². The van der Waals surface area contributed by atoms with Crippen LogP contribution < -0.4 is 16.1 Å². The Morgan fingerprint density at radius 2 is 2.16 bits per heavy atom. The Labute approximate surface area is 111 Å². The molecule has 0 fully saturated rings. The van der Waals surface area contributed by atoms with Gasteiger partial charge in [0.15, 0.2) is 5.43 Å². The second-order valence-electron chi connectivity index (χ2n) is 4.30. The van der Waals surface area contributed by atoms with Crippen LogP contribution in [0.3, 0.4) is 0 Å². The van der Waals surface area contributed by atoms with Crippen LogP contribution in [-0.4, -0.2) is 29.4 Å². The van der Waals surface area contributed by atoms with Crippen LogP contribution in [-0.2, 0) is 4.79 Å². The maximum atomic E-state index is 11.7. The van der Waals surface area contributed by atoms with Gasteiger partial charge in [-0.3, -0.25) is 14.4 Å². The van der Waals surface area contributed by atoms with Crippen LogP contribution in [0.25, 0.3) is 0 Å². The Kier molecular flexibility index (Phi) is 5.78. The molecule has 6 heteroatoms. The summed E-state index contributed by atoms with van der Waals surface area (Å²) in [5, 5.41) is 5.34. The predicted molar refractivity (Wildman–Crippen MR) is 71.9 cm³/mol. The van der Waals surface area contributed by atoms with Gasteiger partial charge >= 0.3 is 0 Å². The lowest BCUT2D eigenvalue weighted by atomic mass is 10.2. The molecule has 0 aliphatic carbocycles. The molecule has 3 N–H and O–H groups in total. The largest absolute Gasteiger partial charge is 0.367 e. The molecule has 0 aliphatic rings. The van der Waals surface area contributed by atoms with Crippen molar-refractivity contribution in [1.82, 2.24) is 15.6 Å². The molecule has 0 saturated heterocycles. The van der Waals surface area contributed by atoms with E-state index in [9.17, 15) is 14.4 Å². The molecule has 19 heavy (non-hydrogen) atoms. The van der Waals surface area contributed by atoms with Crippen LogP contribution in [0.15, 0.2) is 23.3 Å². The minimum atomic E-state index is -0.474. The van der Waals surface area contributed by atoms with Gasteiger partial charge in [-0.05, 0) is 13.3 Å². The zero-order valence-corrected chi connectivity index (χ0v) is 11.2. The standard InChI is InChI=1S/C13H19N3O3/c1-3-9(2)16-12(18)5-7-15-13(19)10-8-14-6-4-11(10)17/h4,6,8-9H,3,5,7H2,1-2H3,(H,14,17)(H,15,19)(H,16,18). The lowest BCUT2D eigenvalue weighted by Crippen LogP contribution is -2.36. The second kappa shape index (κ2) is 7.35. The van der Waals surface area contributed by atoms with Crippen molar-refractivity contribution in [2.75, 3.05) is 6.54 Å². The number of carbonyl (C=O) groups is 2. The summed E-state index contributed by atoms with van der Waals surface area (Å²) in [6.07, 6.45) is 3.86. The Bertz CT molecular complexity index is 496. The molecule has 1 heterocycles. The lowest BCUT2D eigenvalue weighted by molar-refractivity contribution is -0.121. The minimum Gasteiger partial charge on any atom is -0.367 e. The van der Waals surface area contributed by atoms with Gasteiger partial charge in [-0.25, -0.2) is 0 Å². The quantitative estimate of drug-likeness (QED) is 0.695. The molecule has 1 rings (SSSR count). The Morgan fingerprint density at radius 1 is 1.42 bits per heavy atom. The molecule has 104 valence electrons. The number of nitrogens with one attached hydrogen (secondary N) is 3. The first-order chi connectivity index (χ1) is 9.04. The van der Waals surface area contributed by atoms with Crippen LogP contribution in [0.2, 0.25) is 0 Å². The van der Waals surface area contributed by atoms with Gasteiger partial charge in [0.2, 0.25) is 5.91 Å².